The average Bonchev–Trinajstić information content (AvgIpc) is 3.27. The Labute approximate surface area is 314 Å². The zero-order chi connectivity index (χ0) is 36.1. The van der Waals surface area contributed by atoms with E-state index in [1.54, 1.807) is 6.20 Å². The zero-order valence-electron chi connectivity index (χ0n) is 29.3. The van der Waals surface area contributed by atoms with Crippen LogP contribution >= 0.6 is 0 Å². The molecular weight excluding hydrogens is 659 g/mol. The van der Waals surface area contributed by atoms with Crippen LogP contribution in [0.1, 0.15) is 0 Å². The molecule has 0 aliphatic heterocycles. The third-order valence-corrected chi connectivity index (χ3v) is 9.44. The summed E-state index contributed by atoms with van der Waals surface area (Å²) in [6.45, 7) is 0. The highest BCUT2D eigenvalue weighted by atomic mass is 14.9. The molecule has 0 amide bonds. The minimum absolute atomic E-state index is 0.700. The second-order valence-electron chi connectivity index (χ2n) is 13.0. The Morgan fingerprint density at radius 3 is 1.39 bits per heavy atom. The van der Waals surface area contributed by atoms with Crippen LogP contribution in [-0.2, 0) is 0 Å². The number of nitrogens with zero attached hydrogens (tertiary/aromatic N) is 5. The molecule has 9 aromatic rings. The highest BCUT2D eigenvalue weighted by Gasteiger charge is 2.15. The smallest absolute Gasteiger partial charge is 0.160 e. The van der Waals surface area contributed by atoms with Gasteiger partial charge in [-0.15, -0.1) is 0 Å². The van der Waals surface area contributed by atoms with Gasteiger partial charge in [0.25, 0.3) is 0 Å². The van der Waals surface area contributed by atoms with Crippen LogP contribution in [0.5, 0.6) is 0 Å². The summed E-state index contributed by atoms with van der Waals surface area (Å²) >= 11 is 0. The molecule has 4 heterocycles. The van der Waals surface area contributed by atoms with Crippen LogP contribution in [0.3, 0.4) is 0 Å². The van der Waals surface area contributed by atoms with E-state index in [0.29, 0.717) is 5.82 Å². The largest absolute Gasteiger partial charge is 0.255 e. The molecule has 0 spiro atoms. The quantitative estimate of drug-likeness (QED) is 0.159. The van der Waals surface area contributed by atoms with Gasteiger partial charge in [-0.3, -0.25) is 9.97 Å². The van der Waals surface area contributed by atoms with Crippen LogP contribution in [0.15, 0.2) is 200 Å². The summed E-state index contributed by atoms with van der Waals surface area (Å²) in [5, 5.41) is 0. The predicted octanol–water partition coefficient (Wildman–Crippen LogP) is 12.0. The molecule has 254 valence electrons. The maximum atomic E-state index is 5.07. The van der Waals surface area contributed by atoms with Crippen LogP contribution in [0.2, 0.25) is 0 Å². The van der Waals surface area contributed by atoms with Crippen molar-refractivity contribution in [3.8, 4) is 90.1 Å². The molecule has 0 aliphatic carbocycles. The van der Waals surface area contributed by atoms with Crippen molar-refractivity contribution in [1.82, 2.24) is 24.9 Å². The van der Waals surface area contributed by atoms with Gasteiger partial charge in [-0.25, -0.2) is 15.0 Å². The predicted molar refractivity (Wildman–Crippen MR) is 219 cm³/mol. The topological polar surface area (TPSA) is 64.5 Å². The van der Waals surface area contributed by atoms with E-state index in [-0.39, 0.29) is 0 Å². The van der Waals surface area contributed by atoms with Gasteiger partial charge in [0.05, 0.1) is 34.2 Å². The molecule has 54 heavy (non-hydrogen) atoms. The maximum absolute atomic E-state index is 5.07. The Kier molecular flexibility index (Phi) is 8.86. The Balaban J connectivity index is 1.08. The molecule has 0 atom stereocenters. The number of pyridine rings is 3. The first kappa shape index (κ1) is 32.5. The number of aromatic nitrogens is 5. The minimum atomic E-state index is 0.700. The fraction of sp³-hybridized carbons (Fsp3) is 0. The molecular formula is C49H33N5. The molecule has 5 heteroatoms. The van der Waals surface area contributed by atoms with Crippen LogP contribution in [0.25, 0.3) is 90.1 Å². The molecule has 4 aromatic heterocycles. The lowest BCUT2D eigenvalue weighted by molar-refractivity contribution is 1.18. The summed E-state index contributed by atoms with van der Waals surface area (Å²) in [5.41, 5.74) is 14.6. The summed E-state index contributed by atoms with van der Waals surface area (Å²) in [7, 11) is 0. The molecule has 9 rings (SSSR count). The first-order valence-corrected chi connectivity index (χ1v) is 17.9. The molecule has 0 aliphatic rings. The van der Waals surface area contributed by atoms with Crippen LogP contribution in [0, 0.1) is 0 Å². The maximum Gasteiger partial charge on any atom is 0.160 e. The number of hydrogen-bond acceptors (Lipinski definition) is 5. The Morgan fingerprint density at radius 2 is 0.741 bits per heavy atom. The minimum Gasteiger partial charge on any atom is -0.255 e. The van der Waals surface area contributed by atoms with Gasteiger partial charge in [-0.2, -0.15) is 0 Å². The van der Waals surface area contributed by atoms with Crippen molar-refractivity contribution in [2.45, 2.75) is 0 Å². The normalized spacial score (nSPS) is 11.0. The summed E-state index contributed by atoms with van der Waals surface area (Å²) in [6, 6.07) is 64.3. The van der Waals surface area contributed by atoms with Gasteiger partial charge in [-0.05, 0) is 75.8 Å². The van der Waals surface area contributed by atoms with Crippen LogP contribution in [0.4, 0.5) is 0 Å². The van der Waals surface area contributed by atoms with E-state index in [9.17, 15) is 0 Å². The fourth-order valence-electron chi connectivity index (χ4n) is 6.72. The van der Waals surface area contributed by atoms with Crippen molar-refractivity contribution >= 4 is 0 Å². The molecule has 0 bridgehead atoms. The van der Waals surface area contributed by atoms with Crippen molar-refractivity contribution in [3.05, 3.63) is 200 Å². The average molecular weight is 692 g/mol. The van der Waals surface area contributed by atoms with Gasteiger partial charge >= 0.3 is 0 Å². The SMILES string of the molecule is c1ccc(-c2cc(-c3ccccn3)nc(-c3cc(-c4ccccc4-c4ccc(-c5cc(-c6ccccc6)nc(-c6ccccc6)n5)cc4)ccn3)c2)cc1. The van der Waals surface area contributed by atoms with Crippen LogP contribution < -0.4 is 0 Å². The van der Waals surface area contributed by atoms with Gasteiger partial charge in [0.1, 0.15) is 0 Å². The monoisotopic (exact) mass is 691 g/mol. The molecule has 0 fully saturated rings. The van der Waals surface area contributed by atoms with E-state index < -0.39 is 0 Å². The summed E-state index contributed by atoms with van der Waals surface area (Å²) in [4.78, 5) is 24.5. The number of benzene rings is 5. The van der Waals surface area contributed by atoms with E-state index in [0.717, 1.165) is 84.2 Å². The number of hydrogen-bond donors (Lipinski definition) is 0. The Bertz CT molecular complexity index is 2560. The highest BCUT2D eigenvalue weighted by Crippen LogP contribution is 2.36. The second kappa shape index (κ2) is 14.7. The molecule has 0 unspecified atom stereocenters. The number of rotatable bonds is 8. The van der Waals surface area contributed by atoms with Gasteiger partial charge in [0, 0.05) is 29.1 Å². The van der Waals surface area contributed by atoms with E-state index in [1.165, 1.54) is 0 Å². The van der Waals surface area contributed by atoms with E-state index >= 15 is 0 Å². The van der Waals surface area contributed by atoms with Gasteiger partial charge < -0.3 is 0 Å². The van der Waals surface area contributed by atoms with Gasteiger partial charge in [0.2, 0.25) is 0 Å². The molecule has 0 N–H and O–H groups in total. The molecule has 0 radical (unpaired) electrons. The lowest BCUT2D eigenvalue weighted by Crippen LogP contribution is -1.96. The standard InChI is InChI=1S/C49H33N5/c1-4-14-34(15-5-1)40-31-47(43-22-12-13-28-50-43)52-48(32-40)46-30-39(27-29-51-46)42-21-11-10-20-41(42)35-23-25-37(26-24-35)45-33-44(36-16-6-2-7-17-36)53-49(54-45)38-18-8-3-9-19-38/h1-33H. The van der Waals surface area contributed by atoms with Crippen molar-refractivity contribution < 1.29 is 0 Å². The first-order valence-electron chi connectivity index (χ1n) is 17.9. The lowest BCUT2D eigenvalue weighted by atomic mass is 9.93. The van der Waals surface area contributed by atoms with E-state index in [2.05, 4.69) is 120 Å². The third-order valence-electron chi connectivity index (χ3n) is 9.44. The Hall–Kier alpha value is -7.37. The molecule has 0 saturated heterocycles. The first-order chi connectivity index (χ1) is 26.7. The second-order valence-corrected chi connectivity index (χ2v) is 13.0. The fourth-order valence-corrected chi connectivity index (χ4v) is 6.72. The lowest BCUT2D eigenvalue weighted by Gasteiger charge is -2.13. The van der Waals surface area contributed by atoms with Gasteiger partial charge in [-0.1, -0.05) is 146 Å². The van der Waals surface area contributed by atoms with Crippen molar-refractivity contribution in [3.63, 3.8) is 0 Å². The summed E-state index contributed by atoms with van der Waals surface area (Å²) in [5.74, 6) is 0.700. The van der Waals surface area contributed by atoms with Crippen LogP contribution in [-0.4, -0.2) is 24.9 Å². The van der Waals surface area contributed by atoms with Gasteiger partial charge in [0.15, 0.2) is 5.82 Å². The summed E-state index contributed by atoms with van der Waals surface area (Å²) in [6.07, 6.45) is 3.66. The van der Waals surface area contributed by atoms with Crippen molar-refractivity contribution in [2.24, 2.45) is 0 Å². The molecule has 0 saturated carbocycles. The Morgan fingerprint density at radius 1 is 0.241 bits per heavy atom. The van der Waals surface area contributed by atoms with Crippen molar-refractivity contribution in [1.29, 1.82) is 0 Å². The highest BCUT2D eigenvalue weighted by molar-refractivity contribution is 5.86. The zero-order valence-corrected chi connectivity index (χ0v) is 29.3. The molecule has 5 aromatic carbocycles. The van der Waals surface area contributed by atoms with E-state index in [1.807, 2.05) is 79.0 Å². The third kappa shape index (κ3) is 6.82. The summed E-state index contributed by atoms with van der Waals surface area (Å²) < 4.78 is 0. The molecule has 5 nitrogen and oxygen atoms in total. The van der Waals surface area contributed by atoms with E-state index in [4.69, 9.17) is 19.9 Å². The van der Waals surface area contributed by atoms with Crippen molar-refractivity contribution in [2.75, 3.05) is 0 Å².